The lowest BCUT2D eigenvalue weighted by Crippen LogP contribution is -2.38. The molecule has 2 N–H and O–H groups in total. The molecule has 0 saturated carbocycles. The highest BCUT2D eigenvalue weighted by Gasteiger charge is 2.22. The lowest BCUT2D eigenvalue weighted by Gasteiger charge is -2.16. The minimum atomic E-state index is 0. The summed E-state index contributed by atoms with van der Waals surface area (Å²) in [6.07, 6.45) is 3.83. The summed E-state index contributed by atoms with van der Waals surface area (Å²) in [6.45, 7) is 4.08. The smallest absolute Gasteiger partial charge is 0.223 e. The molecule has 0 aliphatic carbocycles. The quantitative estimate of drug-likeness (QED) is 0.215. The molecule has 8 heteroatoms. The Morgan fingerprint density at radius 2 is 1.80 bits per heavy atom. The Kier molecular flexibility index (Phi) is 10.7. The number of carbonyl (C=O) groups excluding carboxylic acids is 1. The number of guanidine groups is 1. The van der Waals surface area contributed by atoms with Crippen LogP contribution in [0.4, 0.5) is 0 Å². The van der Waals surface area contributed by atoms with Crippen molar-refractivity contribution in [2.75, 3.05) is 26.7 Å². The van der Waals surface area contributed by atoms with Crippen LogP contribution in [0.15, 0.2) is 52.1 Å². The highest BCUT2D eigenvalue weighted by Crippen LogP contribution is 2.22. The summed E-state index contributed by atoms with van der Waals surface area (Å²) in [5.74, 6) is 1.79. The molecule has 0 fully saturated rings. The third-order valence-electron chi connectivity index (χ3n) is 4.86. The van der Waals surface area contributed by atoms with Gasteiger partial charge in [0.25, 0.3) is 0 Å². The monoisotopic (exact) mass is 526 g/mol. The SMILES string of the molecule is CN=C(NCCCOCc1ccco1)NCCCC(=O)N1Cc2ccccc2C1.I. The fraction of sp³-hybridized carbons (Fsp3) is 0.455. The minimum Gasteiger partial charge on any atom is -0.467 e. The summed E-state index contributed by atoms with van der Waals surface area (Å²) in [4.78, 5) is 18.6. The molecule has 0 bridgehead atoms. The zero-order valence-corrected chi connectivity index (χ0v) is 19.8. The number of halogens is 1. The Hall–Kier alpha value is -2.07. The van der Waals surface area contributed by atoms with Crippen molar-refractivity contribution in [3.63, 3.8) is 0 Å². The van der Waals surface area contributed by atoms with E-state index in [0.29, 0.717) is 26.2 Å². The fourth-order valence-electron chi connectivity index (χ4n) is 3.28. The van der Waals surface area contributed by atoms with E-state index < -0.39 is 0 Å². The number of aliphatic imine (C=N–C) groups is 1. The second-order valence-electron chi connectivity index (χ2n) is 7.03. The van der Waals surface area contributed by atoms with Crippen molar-refractivity contribution >= 4 is 35.8 Å². The van der Waals surface area contributed by atoms with Gasteiger partial charge in [-0.15, -0.1) is 24.0 Å². The fourth-order valence-corrected chi connectivity index (χ4v) is 3.28. The molecule has 0 radical (unpaired) electrons. The van der Waals surface area contributed by atoms with Crippen LogP contribution in [0.1, 0.15) is 36.1 Å². The van der Waals surface area contributed by atoms with Crippen molar-refractivity contribution in [2.45, 2.75) is 39.0 Å². The van der Waals surface area contributed by atoms with E-state index in [4.69, 9.17) is 9.15 Å². The summed E-state index contributed by atoms with van der Waals surface area (Å²) in [5, 5.41) is 6.52. The number of benzene rings is 1. The van der Waals surface area contributed by atoms with Gasteiger partial charge >= 0.3 is 0 Å². The maximum Gasteiger partial charge on any atom is 0.223 e. The molecule has 0 spiro atoms. The first-order chi connectivity index (χ1) is 14.3. The standard InChI is InChI=1S/C22H30N4O3.HI/c1-23-22(25-12-6-13-28-17-20-9-5-14-29-20)24-11-4-10-21(27)26-15-18-7-2-3-8-19(18)16-26;/h2-3,5,7-9,14H,4,6,10-13,15-17H2,1H3,(H2,23,24,25);1H. The van der Waals surface area contributed by atoms with Gasteiger partial charge in [0.05, 0.1) is 6.26 Å². The zero-order chi connectivity index (χ0) is 20.3. The van der Waals surface area contributed by atoms with Crippen LogP contribution in [-0.2, 0) is 29.2 Å². The molecule has 3 rings (SSSR count). The van der Waals surface area contributed by atoms with Crippen LogP contribution in [-0.4, -0.2) is 43.5 Å². The van der Waals surface area contributed by atoms with Gasteiger partial charge in [0, 0.05) is 46.3 Å². The second kappa shape index (κ2) is 13.3. The summed E-state index contributed by atoms with van der Waals surface area (Å²) in [5.41, 5.74) is 2.52. The first kappa shape index (κ1) is 24.2. The Labute approximate surface area is 195 Å². The lowest BCUT2D eigenvalue weighted by atomic mass is 10.1. The normalized spacial score (nSPS) is 13.0. The molecule has 1 aliphatic rings. The van der Waals surface area contributed by atoms with E-state index in [9.17, 15) is 4.79 Å². The Morgan fingerprint density at radius 1 is 1.10 bits per heavy atom. The van der Waals surface area contributed by atoms with Crippen LogP contribution in [0, 0.1) is 0 Å². The number of fused-ring (bicyclic) bond motifs is 1. The van der Waals surface area contributed by atoms with E-state index in [-0.39, 0.29) is 29.9 Å². The third-order valence-corrected chi connectivity index (χ3v) is 4.86. The number of amides is 1. The van der Waals surface area contributed by atoms with E-state index in [1.54, 1.807) is 13.3 Å². The van der Waals surface area contributed by atoms with E-state index in [1.165, 1.54) is 11.1 Å². The molecule has 1 aliphatic heterocycles. The number of hydrogen-bond acceptors (Lipinski definition) is 4. The highest BCUT2D eigenvalue weighted by molar-refractivity contribution is 14.0. The molecule has 2 aromatic rings. The van der Waals surface area contributed by atoms with Gasteiger partial charge in [-0.2, -0.15) is 0 Å². The van der Waals surface area contributed by atoms with Crippen LogP contribution >= 0.6 is 24.0 Å². The third kappa shape index (κ3) is 7.64. The number of rotatable bonds is 10. The van der Waals surface area contributed by atoms with Gasteiger partial charge in [-0.25, -0.2) is 0 Å². The van der Waals surface area contributed by atoms with Gasteiger partial charge in [0.15, 0.2) is 5.96 Å². The molecule has 164 valence electrons. The summed E-state index contributed by atoms with van der Waals surface area (Å²) in [6, 6.07) is 12.0. The van der Waals surface area contributed by atoms with Crippen LogP contribution in [0.5, 0.6) is 0 Å². The van der Waals surface area contributed by atoms with E-state index in [0.717, 1.165) is 44.2 Å². The molecule has 2 heterocycles. The summed E-state index contributed by atoms with van der Waals surface area (Å²) >= 11 is 0. The van der Waals surface area contributed by atoms with Crippen molar-refractivity contribution < 1.29 is 13.9 Å². The first-order valence-electron chi connectivity index (χ1n) is 10.2. The summed E-state index contributed by atoms with van der Waals surface area (Å²) in [7, 11) is 1.75. The minimum absolute atomic E-state index is 0. The van der Waals surface area contributed by atoms with Crippen molar-refractivity contribution in [3.05, 3.63) is 59.5 Å². The largest absolute Gasteiger partial charge is 0.467 e. The van der Waals surface area contributed by atoms with Crippen molar-refractivity contribution in [1.82, 2.24) is 15.5 Å². The second-order valence-corrected chi connectivity index (χ2v) is 7.03. The maximum absolute atomic E-state index is 12.4. The lowest BCUT2D eigenvalue weighted by molar-refractivity contribution is -0.131. The Morgan fingerprint density at radius 3 is 2.43 bits per heavy atom. The zero-order valence-electron chi connectivity index (χ0n) is 17.4. The Bertz CT molecular complexity index is 770. The van der Waals surface area contributed by atoms with Crippen molar-refractivity contribution in [3.8, 4) is 0 Å². The first-order valence-corrected chi connectivity index (χ1v) is 10.2. The van der Waals surface area contributed by atoms with Gasteiger partial charge in [-0.1, -0.05) is 24.3 Å². The van der Waals surface area contributed by atoms with Gasteiger partial charge in [0.2, 0.25) is 5.91 Å². The van der Waals surface area contributed by atoms with Crippen LogP contribution in [0.2, 0.25) is 0 Å². The van der Waals surface area contributed by atoms with Crippen LogP contribution < -0.4 is 10.6 Å². The van der Waals surface area contributed by atoms with Crippen molar-refractivity contribution in [2.24, 2.45) is 4.99 Å². The van der Waals surface area contributed by atoms with E-state index in [2.05, 4.69) is 27.8 Å². The van der Waals surface area contributed by atoms with Crippen molar-refractivity contribution in [1.29, 1.82) is 0 Å². The van der Waals surface area contributed by atoms with Gasteiger partial charge in [-0.3, -0.25) is 9.79 Å². The maximum atomic E-state index is 12.4. The molecular formula is C22H31IN4O3. The molecule has 1 amide bonds. The number of furan rings is 1. The topological polar surface area (TPSA) is 79.1 Å². The average Bonchev–Trinajstić information content (AvgIpc) is 3.41. The van der Waals surface area contributed by atoms with Gasteiger partial charge < -0.3 is 24.7 Å². The average molecular weight is 526 g/mol. The number of hydrogen-bond donors (Lipinski definition) is 2. The summed E-state index contributed by atoms with van der Waals surface area (Å²) < 4.78 is 10.8. The number of nitrogens with one attached hydrogen (secondary N) is 2. The molecule has 30 heavy (non-hydrogen) atoms. The molecule has 7 nitrogen and oxygen atoms in total. The van der Waals surface area contributed by atoms with Crippen LogP contribution in [0.25, 0.3) is 0 Å². The number of carbonyl (C=O) groups is 1. The van der Waals surface area contributed by atoms with Gasteiger partial charge in [0.1, 0.15) is 12.4 Å². The predicted octanol–water partition coefficient (Wildman–Crippen LogP) is 3.29. The molecule has 0 atom stereocenters. The number of nitrogens with zero attached hydrogens (tertiary/aromatic N) is 2. The van der Waals surface area contributed by atoms with Crippen LogP contribution in [0.3, 0.4) is 0 Å². The highest BCUT2D eigenvalue weighted by atomic mass is 127. The van der Waals surface area contributed by atoms with E-state index in [1.807, 2.05) is 29.2 Å². The van der Waals surface area contributed by atoms with Gasteiger partial charge in [-0.05, 0) is 36.1 Å². The Balaban J connectivity index is 0.00000320. The molecular weight excluding hydrogens is 495 g/mol. The molecule has 1 aromatic heterocycles. The molecule has 0 saturated heterocycles. The van der Waals surface area contributed by atoms with E-state index >= 15 is 0 Å². The molecule has 1 aromatic carbocycles. The predicted molar refractivity (Wildman–Crippen MR) is 128 cm³/mol. The number of ether oxygens (including phenoxy) is 1. The molecule has 0 unspecified atom stereocenters.